The lowest BCUT2D eigenvalue weighted by molar-refractivity contribution is -0.130. The highest BCUT2D eigenvalue weighted by Crippen LogP contribution is 2.24. The summed E-state index contributed by atoms with van der Waals surface area (Å²) >= 11 is 0. The van der Waals surface area contributed by atoms with Gasteiger partial charge in [-0.25, -0.2) is 0 Å². The molecule has 1 atom stereocenters. The van der Waals surface area contributed by atoms with Crippen LogP contribution in [0.4, 0.5) is 0 Å². The SMILES string of the molecule is CCc1ccc2occ(CC(=O)N3CCCC(N(C)C)CC3)c2c1. The van der Waals surface area contributed by atoms with E-state index in [0.717, 1.165) is 48.9 Å². The number of hydrogen-bond acceptors (Lipinski definition) is 3. The predicted molar refractivity (Wildman–Crippen MR) is 97.2 cm³/mol. The van der Waals surface area contributed by atoms with Gasteiger partial charge in [0.2, 0.25) is 5.91 Å². The van der Waals surface area contributed by atoms with Gasteiger partial charge in [-0.1, -0.05) is 13.0 Å². The van der Waals surface area contributed by atoms with Crippen molar-refractivity contribution in [2.24, 2.45) is 0 Å². The molecule has 0 bridgehead atoms. The lowest BCUT2D eigenvalue weighted by atomic mass is 10.1. The van der Waals surface area contributed by atoms with Gasteiger partial charge >= 0.3 is 0 Å². The van der Waals surface area contributed by atoms with Crippen LogP contribution in [0, 0.1) is 0 Å². The monoisotopic (exact) mass is 328 g/mol. The average Bonchev–Trinajstić information content (AvgIpc) is 2.81. The molecule has 4 nitrogen and oxygen atoms in total. The second kappa shape index (κ2) is 7.39. The summed E-state index contributed by atoms with van der Waals surface area (Å²) in [5, 5.41) is 1.09. The van der Waals surface area contributed by atoms with Crippen molar-refractivity contribution >= 4 is 16.9 Å². The normalized spacial score (nSPS) is 19.0. The number of nitrogens with zero attached hydrogens (tertiary/aromatic N) is 2. The second-order valence-corrected chi connectivity index (χ2v) is 7.05. The lowest BCUT2D eigenvalue weighted by Gasteiger charge is -2.23. The van der Waals surface area contributed by atoms with Gasteiger partial charge in [0.05, 0.1) is 12.7 Å². The van der Waals surface area contributed by atoms with Crippen LogP contribution in [0.15, 0.2) is 28.9 Å². The summed E-state index contributed by atoms with van der Waals surface area (Å²) in [5.74, 6) is 0.221. The molecule has 0 saturated carbocycles. The summed E-state index contributed by atoms with van der Waals surface area (Å²) in [5.41, 5.74) is 3.17. The van der Waals surface area contributed by atoms with Crippen molar-refractivity contribution in [1.82, 2.24) is 9.80 Å². The van der Waals surface area contributed by atoms with Gasteiger partial charge in [0.1, 0.15) is 5.58 Å². The molecule has 0 aliphatic carbocycles. The maximum Gasteiger partial charge on any atom is 0.227 e. The number of rotatable bonds is 4. The van der Waals surface area contributed by atoms with Crippen LogP contribution in [-0.2, 0) is 17.6 Å². The van der Waals surface area contributed by atoms with Gasteiger partial charge in [0.25, 0.3) is 0 Å². The average molecular weight is 328 g/mol. The Kier molecular flexibility index (Phi) is 5.24. The number of carbonyl (C=O) groups excluding carboxylic acids is 1. The maximum atomic E-state index is 12.8. The molecule has 1 aromatic carbocycles. The van der Waals surface area contributed by atoms with Crippen molar-refractivity contribution in [2.45, 2.75) is 45.1 Å². The molecule has 0 spiro atoms. The van der Waals surface area contributed by atoms with Crippen LogP contribution < -0.4 is 0 Å². The van der Waals surface area contributed by atoms with E-state index >= 15 is 0 Å². The van der Waals surface area contributed by atoms with Crippen LogP contribution in [0.5, 0.6) is 0 Å². The van der Waals surface area contributed by atoms with Crippen molar-refractivity contribution in [3.8, 4) is 0 Å². The fourth-order valence-corrected chi connectivity index (χ4v) is 3.61. The van der Waals surface area contributed by atoms with E-state index in [4.69, 9.17) is 4.42 Å². The van der Waals surface area contributed by atoms with E-state index in [1.165, 1.54) is 12.0 Å². The molecule has 1 aliphatic heterocycles. The Bertz CT molecular complexity index is 705. The Hall–Kier alpha value is -1.81. The Balaban J connectivity index is 1.70. The highest BCUT2D eigenvalue weighted by Gasteiger charge is 2.22. The van der Waals surface area contributed by atoms with Crippen LogP contribution in [0.2, 0.25) is 0 Å². The zero-order valence-electron chi connectivity index (χ0n) is 15.0. The van der Waals surface area contributed by atoms with Crippen molar-refractivity contribution in [3.63, 3.8) is 0 Å². The minimum Gasteiger partial charge on any atom is -0.464 e. The van der Waals surface area contributed by atoms with Crippen molar-refractivity contribution in [3.05, 3.63) is 35.6 Å². The molecule has 24 heavy (non-hydrogen) atoms. The third-order valence-electron chi connectivity index (χ3n) is 5.25. The van der Waals surface area contributed by atoms with Crippen molar-refractivity contribution in [1.29, 1.82) is 0 Å². The first kappa shape index (κ1) is 17.0. The first-order valence-electron chi connectivity index (χ1n) is 9.01. The summed E-state index contributed by atoms with van der Waals surface area (Å²) in [6.07, 6.45) is 6.50. The molecule has 130 valence electrons. The van der Waals surface area contributed by atoms with E-state index in [1.807, 2.05) is 11.0 Å². The molecule has 1 aromatic heterocycles. The maximum absolute atomic E-state index is 12.8. The molecule has 1 amide bonds. The molecule has 1 aliphatic rings. The summed E-state index contributed by atoms with van der Waals surface area (Å²) in [6.45, 7) is 3.88. The Morgan fingerprint density at radius 1 is 1.29 bits per heavy atom. The number of hydrogen-bond donors (Lipinski definition) is 0. The third kappa shape index (κ3) is 3.64. The molecule has 4 heteroatoms. The van der Waals surface area contributed by atoms with Gasteiger partial charge in [-0.3, -0.25) is 4.79 Å². The Labute approximate surface area is 144 Å². The lowest BCUT2D eigenvalue weighted by Crippen LogP contribution is -2.34. The molecule has 2 aromatic rings. The number of fused-ring (bicyclic) bond motifs is 1. The Morgan fingerprint density at radius 3 is 2.88 bits per heavy atom. The topological polar surface area (TPSA) is 36.7 Å². The van der Waals surface area contributed by atoms with Crippen molar-refractivity contribution in [2.75, 3.05) is 27.2 Å². The number of carbonyl (C=O) groups is 1. The molecule has 1 saturated heterocycles. The molecule has 1 unspecified atom stereocenters. The predicted octanol–water partition coefficient (Wildman–Crippen LogP) is 3.48. The molecule has 0 N–H and O–H groups in total. The number of likely N-dealkylation sites (tertiary alicyclic amines) is 1. The summed E-state index contributed by atoms with van der Waals surface area (Å²) in [6, 6.07) is 6.85. The van der Waals surface area contributed by atoms with Crippen LogP contribution in [0.25, 0.3) is 11.0 Å². The Morgan fingerprint density at radius 2 is 2.12 bits per heavy atom. The van der Waals surface area contributed by atoms with E-state index in [9.17, 15) is 4.79 Å². The molecular formula is C20H28N2O2. The first-order valence-corrected chi connectivity index (χ1v) is 9.01. The minimum atomic E-state index is 0.221. The number of aryl methyl sites for hydroxylation is 1. The van der Waals surface area contributed by atoms with Crippen LogP contribution in [0.3, 0.4) is 0 Å². The minimum absolute atomic E-state index is 0.221. The zero-order chi connectivity index (χ0) is 17.1. The van der Waals surface area contributed by atoms with E-state index in [0.29, 0.717) is 12.5 Å². The summed E-state index contributed by atoms with van der Waals surface area (Å²) in [7, 11) is 4.26. The van der Waals surface area contributed by atoms with Crippen molar-refractivity contribution < 1.29 is 9.21 Å². The molecular weight excluding hydrogens is 300 g/mol. The van der Waals surface area contributed by atoms with E-state index < -0.39 is 0 Å². The van der Waals surface area contributed by atoms with Crippen LogP contribution in [-0.4, -0.2) is 48.9 Å². The molecule has 3 rings (SSSR count). The third-order valence-corrected chi connectivity index (χ3v) is 5.25. The van der Waals surface area contributed by atoms with Gasteiger partial charge < -0.3 is 14.2 Å². The quantitative estimate of drug-likeness (QED) is 0.862. The highest BCUT2D eigenvalue weighted by molar-refractivity contribution is 5.88. The van der Waals surface area contributed by atoms with E-state index in [-0.39, 0.29) is 5.91 Å². The van der Waals surface area contributed by atoms with Crippen LogP contribution >= 0.6 is 0 Å². The van der Waals surface area contributed by atoms with Gasteiger partial charge in [0.15, 0.2) is 0 Å². The van der Waals surface area contributed by atoms with E-state index in [1.54, 1.807) is 6.26 Å². The van der Waals surface area contributed by atoms with Gasteiger partial charge in [-0.05, 0) is 57.5 Å². The van der Waals surface area contributed by atoms with Crippen LogP contribution in [0.1, 0.15) is 37.3 Å². The zero-order valence-corrected chi connectivity index (χ0v) is 15.0. The molecule has 0 radical (unpaired) electrons. The first-order chi connectivity index (χ1) is 11.6. The number of amides is 1. The summed E-state index contributed by atoms with van der Waals surface area (Å²) in [4.78, 5) is 17.1. The van der Waals surface area contributed by atoms with Gasteiger partial charge in [-0.2, -0.15) is 0 Å². The number of furan rings is 1. The fraction of sp³-hybridized carbons (Fsp3) is 0.550. The smallest absolute Gasteiger partial charge is 0.227 e. The highest BCUT2D eigenvalue weighted by atomic mass is 16.3. The van der Waals surface area contributed by atoms with Gasteiger partial charge in [-0.15, -0.1) is 0 Å². The largest absolute Gasteiger partial charge is 0.464 e. The second-order valence-electron chi connectivity index (χ2n) is 7.05. The number of benzene rings is 1. The van der Waals surface area contributed by atoms with Gasteiger partial charge in [0, 0.05) is 30.1 Å². The molecule has 2 heterocycles. The van der Waals surface area contributed by atoms with E-state index in [2.05, 4.69) is 38.1 Å². The molecule has 1 fully saturated rings. The summed E-state index contributed by atoms with van der Waals surface area (Å²) < 4.78 is 5.63. The standard InChI is InChI=1S/C20H28N2O2/c1-4-15-7-8-19-18(12-15)16(14-24-19)13-20(23)22-10-5-6-17(9-11-22)21(2)3/h7-8,12,14,17H,4-6,9-11,13H2,1-3H3. The fourth-order valence-electron chi connectivity index (χ4n) is 3.61.